The van der Waals surface area contributed by atoms with Crippen molar-refractivity contribution in [2.45, 2.75) is 13.5 Å². The lowest BCUT2D eigenvalue weighted by Gasteiger charge is -2.03. The molecule has 0 radical (unpaired) electrons. The molecule has 0 unspecified atom stereocenters. The van der Waals surface area contributed by atoms with E-state index >= 15 is 0 Å². The van der Waals surface area contributed by atoms with Crippen molar-refractivity contribution in [3.8, 4) is 0 Å². The topological polar surface area (TPSA) is 34.9 Å². The maximum absolute atomic E-state index is 10.7. The van der Waals surface area contributed by atoms with E-state index in [0.717, 1.165) is 34.4 Å². The van der Waals surface area contributed by atoms with Gasteiger partial charge in [0, 0.05) is 28.0 Å². The predicted octanol–water partition coefficient (Wildman–Crippen LogP) is 3.27. The molecule has 0 spiro atoms. The van der Waals surface area contributed by atoms with Gasteiger partial charge in [0.15, 0.2) is 0 Å². The van der Waals surface area contributed by atoms with Crippen LogP contribution in [0.3, 0.4) is 0 Å². The number of carbonyl (C=O) groups excluding carboxylic acids is 1. The molecule has 3 aromatic rings. The van der Waals surface area contributed by atoms with Gasteiger partial charge in [-0.3, -0.25) is 4.79 Å². The zero-order valence-electron chi connectivity index (χ0n) is 9.96. The van der Waals surface area contributed by atoms with E-state index in [1.54, 1.807) is 11.3 Å². The largest absolute Gasteiger partial charge is 0.341 e. The number of nitrogens with zero attached hydrogens (tertiary/aromatic N) is 2. The molecule has 90 valence electrons. The van der Waals surface area contributed by atoms with Crippen LogP contribution in [0.5, 0.6) is 0 Å². The van der Waals surface area contributed by atoms with Gasteiger partial charge in [0.1, 0.15) is 6.29 Å². The number of fused-ring (bicyclic) bond motifs is 1. The zero-order chi connectivity index (χ0) is 12.5. The Bertz CT molecular complexity index is 711. The summed E-state index contributed by atoms with van der Waals surface area (Å²) in [4.78, 5) is 15.2. The Balaban J connectivity index is 2.00. The fourth-order valence-electron chi connectivity index (χ4n) is 2.09. The quantitative estimate of drug-likeness (QED) is 0.674. The van der Waals surface area contributed by atoms with E-state index in [9.17, 15) is 4.79 Å². The summed E-state index contributed by atoms with van der Waals surface area (Å²) >= 11 is 1.67. The zero-order valence-corrected chi connectivity index (χ0v) is 10.8. The minimum absolute atomic E-state index is 0.713. The van der Waals surface area contributed by atoms with E-state index in [1.165, 1.54) is 0 Å². The van der Waals surface area contributed by atoms with Gasteiger partial charge in [-0.1, -0.05) is 0 Å². The maximum atomic E-state index is 10.7. The Kier molecular flexibility index (Phi) is 2.72. The van der Waals surface area contributed by atoms with Crippen molar-refractivity contribution in [1.82, 2.24) is 9.55 Å². The molecule has 0 amide bonds. The van der Waals surface area contributed by atoms with Gasteiger partial charge in [0.05, 0.1) is 17.2 Å². The van der Waals surface area contributed by atoms with Crippen LogP contribution in [0.25, 0.3) is 10.9 Å². The average molecular weight is 256 g/mol. The molecule has 0 fully saturated rings. The standard InChI is InChI=1S/C14H12N2OS/c1-10-15-13(9-18-10)7-16-5-4-12-6-11(8-17)2-3-14(12)16/h2-6,8-9H,7H2,1H3. The van der Waals surface area contributed by atoms with Crippen molar-refractivity contribution in [2.75, 3.05) is 0 Å². The number of aldehydes is 1. The smallest absolute Gasteiger partial charge is 0.150 e. The molecule has 0 aliphatic heterocycles. The van der Waals surface area contributed by atoms with Crippen LogP contribution >= 0.6 is 11.3 Å². The van der Waals surface area contributed by atoms with Crippen molar-refractivity contribution < 1.29 is 4.79 Å². The van der Waals surface area contributed by atoms with Gasteiger partial charge in [0.2, 0.25) is 0 Å². The fraction of sp³-hybridized carbons (Fsp3) is 0.143. The summed E-state index contributed by atoms with van der Waals surface area (Å²) in [7, 11) is 0. The minimum Gasteiger partial charge on any atom is -0.341 e. The molecule has 0 bridgehead atoms. The number of carbonyl (C=O) groups is 1. The molecule has 0 saturated carbocycles. The summed E-state index contributed by atoms with van der Waals surface area (Å²) in [5, 5.41) is 4.26. The van der Waals surface area contributed by atoms with Gasteiger partial charge in [-0.25, -0.2) is 4.98 Å². The number of hydrogen-bond acceptors (Lipinski definition) is 3. The first-order valence-corrected chi connectivity index (χ1v) is 6.59. The first-order valence-electron chi connectivity index (χ1n) is 5.71. The van der Waals surface area contributed by atoms with Gasteiger partial charge >= 0.3 is 0 Å². The Hall–Kier alpha value is -1.94. The SMILES string of the molecule is Cc1nc(Cn2ccc3cc(C=O)ccc32)cs1. The van der Waals surface area contributed by atoms with Crippen molar-refractivity contribution in [1.29, 1.82) is 0 Å². The molecule has 3 rings (SSSR count). The number of hydrogen-bond donors (Lipinski definition) is 0. The molecule has 4 heteroatoms. The molecular formula is C14H12N2OS. The van der Waals surface area contributed by atoms with E-state index in [4.69, 9.17) is 0 Å². The molecule has 0 atom stereocenters. The van der Waals surface area contributed by atoms with Gasteiger partial charge in [-0.2, -0.15) is 0 Å². The highest BCUT2D eigenvalue weighted by atomic mass is 32.1. The number of thiazole rings is 1. The Morgan fingerprint density at radius 3 is 3.00 bits per heavy atom. The number of benzene rings is 1. The molecule has 0 aliphatic rings. The van der Waals surface area contributed by atoms with Crippen LogP contribution < -0.4 is 0 Å². The molecule has 0 N–H and O–H groups in total. The van der Waals surface area contributed by atoms with E-state index in [-0.39, 0.29) is 0 Å². The second kappa shape index (κ2) is 4.38. The first kappa shape index (κ1) is 11.2. The van der Waals surface area contributed by atoms with Gasteiger partial charge < -0.3 is 4.57 Å². The molecule has 2 aromatic heterocycles. The van der Waals surface area contributed by atoms with Crippen LogP contribution in [-0.2, 0) is 6.54 Å². The van der Waals surface area contributed by atoms with Gasteiger partial charge in [-0.05, 0) is 31.2 Å². The fourth-order valence-corrected chi connectivity index (χ4v) is 2.69. The maximum Gasteiger partial charge on any atom is 0.150 e. The second-order valence-corrected chi connectivity index (χ2v) is 5.30. The Morgan fingerprint density at radius 2 is 2.28 bits per heavy atom. The van der Waals surface area contributed by atoms with Gasteiger partial charge in [0.25, 0.3) is 0 Å². The van der Waals surface area contributed by atoms with Crippen LogP contribution in [0.15, 0.2) is 35.8 Å². The second-order valence-electron chi connectivity index (χ2n) is 4.24. The van der Waals surface area contributed by atoms with Gasteiger partial charge in [-0.15, -0.1) is 11.3 Å². The van der Waals surface area contributed by atoms with E-state index < -0.39 is 0 Å². The van der Waals surface area contributed by atoms with Crippen molar-refractivity contribution in [3.63, 3.8) is 0 Å². The van der Waals surface area contributed by atoms with Crippen molar-refractivity contribution in [3.05, 3.63) is 52.1 Å². The summed E-state index contributed by atoms with van der Waals surface area (Å²) in [5.41, 5.74) is 2.92. The number of rotatable bonds is 3. The predicted molar refractivity (Wildman–Crippen MR) is 73.3 cm³/mol. The summed E-state index contributed by atoms with van der Waals surface area (Å²) < 4.78 is 2.15. The molecular weight excluding hydrogens is 244 g/mol. The lowest BCUT2D eigenvalue weighted by molar-refractivity contribution is 0.112. The highest BCUT2D eigenvalue weighted by Crippen LogP contribution is 2.19. The van der Waals surface area contributed by atoms with E-state index in [0.29, 0.717) is 5.56 Å². The number of aromatic nitrogens is 2. The summed E-state index contributed by atoms with van der Waals surface area (Å²) in [6, 6.07) is 7.77. The average Bonchev–Trinajstić information content (AvgIpc) is 2.96. The highest BCUT2D eigenvalue weighted by molar-refractivity contribution is 7.09. The first-order chi connectivity index (χ1) is 8.76. The summed E-state index contributed by atoms with van der Waals surface area (Å²) in [6.45, 7) is 2.78. The Morgan fingerprint density at radius 1 is 1.39 bits per heavy atom. The van der Waals surface area contributed by atoms with Crippen molar-refractivity contribution in [2.24, 2.45) is 0 Å². The lowest BCUT2D eigenvalue weighted by Crippen LogP contribution is -1.98. The molecule has 0 aliphatic carbocycles. The molecule has 18 heavy (non-hydrogen) atoms. The van der Waals surface area contributed by atoms with Crippen molar-refractivity contribution >= 4 is 28.5 Å². The summed E-state index contributed by atoms with van der Waals surface area (Å²) in [6.07, 6.45) is 2.91. The monoisotopic (exact) mass is 256 g/mol. The third kappa shape index (κ3) is 1.95. The molecule has 2 heterocycles. The third-order valence-electron chi connectivity index (χ3n) is 2.93. The normalized spacial score (nSPS) is 10.9. The minimum atomic E-state index is 0.713. The molecule has 0 saturated heterocycles. The van der Waals surface area contributed by atoms with Crippen LogP contribution in [-0.4, -0.2) is 15.8 Å². The lowest BCUT2D eigenvalue weighted by atomic mass is 10.2. The van der Waals surface area contributed by atoms with Crippen LogP contribution in [0, 0.1) is 6.92 Å². The third-order valence-corrected chi connectivity index (χ3v) is 3.75. The van der Waals surface area contributed by atoms with E-state index in [1.807, 2.05) is 37.4 Å². The molecule has 1 aromatic carbocycles. The summed E-state index contributed by atoms with van der Waals surface area (Å²) in [5.74, 6) is 0. The van der Waals surface area contributed by atoms with Crippen LogP contribution in [0.1, 0.15) is 21.1 Å². The Labute approximate surface area is 109 Å². The van der Waals surface area contributed by atoms with Crippen LogP contribution in [0.4, 0.5) is 0 Å². The molecule has 3 nitrogen and oxygen atoms in total. The van der Waals surface area contributed by atoms with Crippen LogP contribution in [0.2, 0.25) is 0 Å². The highest BCUT2D eigenvalue weighted by Gasteiger charge is 2.04. The van der Waals surface area contributed by atoms with E-state index in [2.05, 4.69) is 14.9 Å². The number of aryl methyl sites for hydroxylation is 1.